The molecule has 0 unspecified atom stereocenters. The van der Waals surface area contributed by atoms with Crippen molar-refractivity contribution >= 4 is 35.1 Å². The van der Waals surface area contributed by atoms with E-state index in [1.54, 1.807) is 0 Å². The molecule has 1 aliphatic heterocycles. The number of ether oxygens (including phenoxy) is 1. The van der Waals surface area contributed by atoms with E-state index in [0.29, 0.717) is 0 Å². The van der Waals surface area contributed by atoms with Crippen molar-refractivity contribution in [3.8, 4) is 0 Å². The fourth-order valence-electron chi connectivity index (χ4n) is 4.56. The lowest BCUT2D eigenvalue weighted by Gasteiger charge is -2.23. The first kappa shape index (κ1) is 19.7. The van der Waals surface area contributed by atoms with Gasteiger partial charge in [-0.15, -0.1) is 0 Å². The van der Waals surface area contributed by atoms with Gasteiger partial charge in [-0.1, -0.05) is 18.2 Å². The Balaban J connectivity index is 1.34. The Bertz CT molecular complexity index is 958. The lowest BCUT2D eigenvalue weighted by molar-refractivity contribution is -0.384. The molecule has 5 atom stereocenters. The van der Waals surface area contributed by atoms with Crippen molar-refractivity contribution in [2.45, 2.75) is 19.4 Å². The van der Waals surface area contributed by atoms with Gasteiger partial charge in [0.15, 0.2) is 6.61 Å². The number of hydrogen-bond donors (Lipinski definition) is 1. The minimum Gasteiger partial charge on any atom is -0.454 e. The van der Waals surface area contributed by atoms with Crippen molar-refractivity contribution in [2.75, 3.05) is 11.9 Å². The summed E-state index contributed by atoms with van der Waals surface area (Å²) in [4.78, 5) is 61.0. The molecule has 1 N–H and O–H groups in total. The third-order valence-corrected chi connectivity index (χ3v) is 5.92. The summed E-state index contributed by atoms with van der Waals surface area (Å²) in [5.41, 5.74) is -0.0162. The Morgan fingerprint density at radius 1 is 1.23 bits per heavy atom. The number of allylic oxidation sites excluding steroid dienone is 2. The van der Waals surface area contributed by atoms with Crippen LogP contribution in [-0.4, -0.2) is 46.2 Å². The third-order valence-electron chi connectivity index (χ3n) is 5.92. The quantitative estimate of drug-likeness (QED) is 0.244. The van der Waals surface area contributed by atoms with Gasteiger partial charge >= 0.3 is 5.97 Å². The number of esters is 1. The number of likely N-dealkylation sites (tertiary alicyclic amines) is 1. The van der Waals surface area contributed by atoms with Gasteiger partial charge in [-0.25, -0.2) is 4.79 Å². The molecule has 2 fully saturated rings. The maximum atomic E-state index is 12.7. The summed E-state index contributed by atoms with van der Waals surface area (Å²) in [6.07, 6.45) is 4.71. The van der Waals surface area contributed by atoms with Gasteiger partial charge in [0.2, 0.25) is 11.8 Å². The average molecular weight is 413 g/mol. The molecular weight excluding hydrogens is 394 g/mol. The molecule has 1 heterocycles. The highest BCUT2D eigenvalue weighted by molar-refractivity contribution is 6.09. The van der Waals surface area contributed by atoms with Gasteiger partial charge in [0.25, 0.3) is 11.6 Å². The predicted molar refractivity (Wildman–Crippen MR) is 102 cm³/mol. The van der Waals surface area contributed by atoms with Gasteiger partial charge in [0, 0.05) is 17.8 Å². The molecule has 1 saturated carbocycles. The van der Waals surface area contributed by atoms with E-state index in [1.807, 2.05) is 12.2 Å². The molecule has 0 aromatic heterocycles. The number of hydrogen-bond acceptors (Lipinski definition) is 7. The fourth-order valence-corrected chi connectivity index (χ4v) is 4.56. The van der Waals surface area contributed by atoms with E-state index in [9.17, 15) is 29.3 Å². The second kappa shape index (κ2) is 7.36. The molecule has 0 spiro atoms. The summed E-state index contributed by atoms with van der Waals surface area (Å²) in [6, 6.07) is 4.17. The molecule has 10 heteroatoms. The number of imide groups is 1. The number of nitro benzene ring substituents is 1. The van der Waals surface area contributed by atoms with Gasteiger partial charge in [0.1, 0.15) is 6.04 Å². The highest BCUT2D eigenvalue weighted by Gasteiger charge is 2.60. The largest absolute Gasteiger partial charge is 0.454 e. The maximum absolute atomic E-state index is 12.7. The SMILES string of the molecule is C[C@H](C(=O)OCC(=O)Nc1cccc([N+](=O)[O-])c1)N1C(=O)[C@@H]2[C@H](C1=O)[C@H]1C=C[C@H]2C1. The van der Waals surface area contributed by atoms with Crippen LogP contribution in [-0.2, 0) is 23.9 Å². The number of nitrogens with one attached hydrogen (secondary N) is 1. The van der Waals surface area contributed by atoms with Crippen molar-refractivity contribution in [3.05, 3.63) is 46.5 Å². The number of nitrogens with zero attached hydrogens (tertiary/aromatic N) is 2. The second-order valence-electron chi connectivity index (χ2n) is 7.69. The Kier molecular flexibility index (Phi) is 4.84. The molecule has 156 valence electrons. The number of carbonyl (C=O) groups excluding carboxylic acids is 4. The van der Waals surface area contributed by atoms with Crippen molar-refractivity contribution in [3.63, 3.8) is 0 Å². The fraction of sp³-hybridized carbons (Fsp3) is 0.400. The Labute approximate surface area is 171 Å². The normalized spacial score (nSPS) is 27.2. The smallest absolute Gasteiger partial charge is 0.329 e. The van der Waals surface area contributed by atoms with Gasteiger partial charge < -0.3 is 10.1 Å². The zero-order chi connectivity index (χ0) is 21.6. The predicted octanol–water partition coefficient (Wildman–Crippen LogP) is 1.27. The Morgan fingerprint density at radius 2 is 1.87 bits per heavy atom. The van der Waals surface area contributed by atoms with Gasteiger partial charge in [-0.2, -0.15) is 0 Å². The first-order valence-corrected chi connectivity index (χ1v) is 9.54. The summed E-state index contributed by atoms with van der Waals surface area (Å²) in [5.74, 6) is -3.07. The number of benzene rings is 1. The number of rotatable bonds is 6. The standard InChI is InChI=1S/C20H19N3O7/c1-10(22-18(25)16-11-5-6-12(7-11)17(16)19(22)26)20(27)30-9-15(24)21-13-3-2-4-14(8-13)23(28)29/h2-6,8,10-12,16-17H,7,9H2,1H3,(H,21,24)/t10-,11+,12+,16-,17+/m1/s1. The summed E-state index contributed by atoms with van der Waals surface area (Å²) < 4.78 is 4.97. The number of fused-ring (bicyclic) bond motifs is 5. The van der Waals surface area contributed by atoms with Gasteiger partial charge in [0.05, 0.1) is 16.8 Å². The van der Waals surface area contributed by atoms with Crippen LogP contribution >= 0.6 is 0 Å². The summed E-state index contributed by atoms with van der Waals surface area (Å²) in [6.45, 7) is 0.745. The van der Waals surface area contributed by atoms with Crippen LogP contribution in [0.2, 0.25) is 0 Å². The molecule has 2 bridgehead atoms. The second-order valence-corrected chi connectivity index (χ2v) is 7.69. The van der Waals surface area contributed by atoms with Gasteiger partial charge in [-0.3, -0.25) is 29.4 Å². The van der Waals surface area contributed by atoms with Crippen molar-refractivity contribution in [1.29, 1.82) is 0 Å². The van der Waals surface area contributed by atoms with Crippen LogP contribution in [0.15, 0.2) is 36.4 Å². The van der Waals surface area contributed by atoms with Crippen LogP contribution in [0.1, 0.15) is 13.3 Å². The zero-order valence-corrected chi connectivity index (χ0v) is 16.0. The number of anilines is 1. The highest BCUT2D eigenvalue weighted by atomic mass is 16.6. The van der Waals surface area contributed by atoms with Crippen molar-refractivity contribution in [1.82, 2.24) is 4.90 Å². The van der Waals surface area contributed by atoms with E-state index in [1.165, 1.54) is 31.2 Å². The number of non-ortho nitro benzene ring substituents is 1. The minimum absolute atomic E-state index is 0.0328. The summed E-state index contributed by atoms with van der Waals surface area (Å²) >= 11 is 0. The molecular formula is C20H19N3O7. The molecule has 3 aliphatic rings. The lowest BCUT2D eigenvalue weighted by Crippen LogP contribution is -2.45. The Hall–Kier alpha value is -3.56. The molecule has 1 aromatic carbocycles. The monoisotopic (exact) mass is 413 g/mol. The lowest BCUT2D eigenvalue weighted by atomic mass is 9.85. The molecule has 0 radical (unpaired) electrons. The molecule has 1 saturated heterocycles. The van der Waals surface area contributed by atoms with Crippen LogP contribution < -0.4 is 5.32 Å². The first-order chi connectivity index (χ1) is 14.3. The van der Waals surface area contributed by atoms with Gasteiger partial charge in [-0.05, 0) is 31.2 Å². The van der Waals surface area contributed by atoms with E-state index < -0.39 is 41.3 Å². The first-order valence-electron chi connectivity index (χ1n) is 9.54. The van der Waals surface area contributed by atoms with Crippen LogP contribution in [0.5, 0.6) is 0 Å². The summed E-state index contributed by atoms with van der Waals surface area (Å²) in [5, 5.41) is 13.2. The molecule has 10 nitrogen and oxygen atoms in total. The number of amides is 3. The number of nitro groups is 1. The van der Waals surface area contributed by atoms with Crippen molar-refractivity contribution in [2.24, 2.45) is 23.7 Å². The molecule has 30 heavy (non-hydrogen) atoms. The Morgan fingerprint density at radius 3 is 2.47 bits per heavy atom. The average Bonchev–Trinajstić information content (AvgIpc) is 3.39. The van der Waals surface area contributed by atoms with E-state index >= 15 is 0 Å². The number of carbonyl (C=O) groups is 4. The topological polar surface area (TPSA) is 136 Å². The van der Waals surface area contributed by atoms with E-state index in [2.05, 4.69) is 5.32 Å². The zero-order valence-electron chi connectivity index (χ0n) is 16.0. The van der Waals surface area contributed by atoms with E-state index in [4.69, 9.17) is 4.74 Å². The van der Waals surface area contributed by atoms with E-state index in [-0.39, 0.29) is 35.0 Å². The van der Waals surface area contributed by atoms with E-state index in [0.717, 1.165) is 11.3 Å². The highest BCUT2D eigenvalue weighted by Crippen LogP contribution is 2.52. The molecule has 3 amide bonds. The summed E-state index contributed by atoms with van der Waals surface area (Å²) in [7, 11) is 0. The third kappa shape index (κ3) is 3.23. The van der Waals surface area contributed by atoms with Crippen molar-refractivity contribution < 1.29 is 28.8 Å². The minimum atomic E-state index is -1.14. The van der Waals surface area contributed by atoms with Crippen LogP contribution in [0.3, 0.4) is 0 Å². The van der Waals surface area contributed by atoms with Crippen LogP contribution in [0.4, 0.5) is 11.4 Å². The maximum Gasteiger partial charge on any atom is 0.329 e. The molecule has 1 aromatic rings. The van der Waals surface area contributed by atoms with Crippen LogP contribution in [0, 0.1) is 33.8 Å². The molecule has 2 aliphatic carbocycles. The molecule has 4 rings (SSSR count). The van der Waals surface area contributed by atoms with Crippen LogP contribution in [0.25, 0.3) is 0 Å².